The van der Waals surface area contributed by atoms with E-state index < -0.39 is 0 Å². The van der Waals surface area contributed by atoms with Crippen molar-refractivity contribution < 1.29 is 0 Å². The van der Waals surface area contributed by atoms with Crippen molar-refractivity contribution in [3.05, 3.63) is 69.0 Å². The van der Waals surface area contributed by atoms with Crippen LogP contribution in [0.4, 0.5) is 11.6 Å². The van der Waals surface area contributed by atoms with Crippen LogP contribution < -0.4 is 10.9 Å². The second-order valence-electron chi connectivity index (χ2n) is 5.30. The van der Waals surface area contributed by atoms with Gasteiger partial charge in [-0.15, -0.1) is 10.2 Å². The van der Waals surface area contributed by atoms with Crippen LogP contribution in [0.3, 0.4) is 0 Å². The highest BCUT2D eigenvalue weighted by Crippen LogP contribution is 2.25. The molecule has 0 aliphatic heterocycles. The number of thiophene rings is 2. The summed E-state index contributed by atoms with van der Waals surface area (Å²) in [7, 11) is 0. The first-order chi connectivity index (χ1) is 12.9. The number of hydrogen-bond donors (Lipinski definition) is 2. The number of fused-ring (bicyclic) bond motifs is 1. The van der Waals surface area contributed by atoms with E-state index in [-0.39, 0.29) is 0 Å². The molecular formula is C18H14N6S2. The molecule has 2 N–H and O–H groups in total. The Balaban J connectivity index is 1.56. The van der Waals surface area contributed by atoms with Gasteiger partial charge < -0.3 is 0 Å². The maximum absolute atomic E-state index is 4.24. The van der Waals surface area contributed by atoms with Crippen molar-refractivity contribution >= 4 is 57.5 Å². The molecule has 8 heteroatoms. The second-order valence-corrected chi connectivity index (χ2v) is 6.86. The monoisotopic (exact) mass is 378 g/mol. The Hall–Kier alpha value is -3.10. The van der Waals surface area contributed by atoms with Gasteiger partial charge in [0, 0.05) is 21.9 Å². The molecule has 0 atom stereocenters. The van der Waals surface area contributed by atoms with Gasteiger partial charge in [-0.1, -0.05) is 24.3 Å². The summed E-state index contributed by atoms with van der Waals surface area (Å²) in [5.41, 5.74) is 8.02. The zero-order valence-electron chi connectivity index (χ0n) is 13.5. The topological polar surface area (TPSA) is 74.6 Å². The molecule has 0 amide bonds. The molecular weight excluding hydrogens is 364 g/mol. The molecule has 26 heavy (non-hydrogen) atoms. The van der Waals surface area contributed by atoms with Crippen LogP contribution in [0.25, 0.3) is 10.8 Å². The number of hydrazone groups is 2. The highest BCUT2D eigenvalue weighted by molar-refractivity contribution is 7.08. The van der Waals surface area contributed by atoms with Crippen LogP contribution in [0.2, 0.25) is 0 Å². The zero-order chi connectivity index (χ0) is 17.6. The van der Waals surface area contributed by atoms with E-state index >= 15 is 0 Å². The van der Waals surface area contributed by atoms with Gasteiger partial charge in [0.25, 0.3) is 0 Å². The van der Waals surface area contributed by atoms with Gasteiger partial charge >= 0.3 is 0 Å². The number of nitrogens with zero attached hydrogens (tertiary/aromatic N) is 4. The summed E-state index contributed by atoms with van der Waals surface area (Å²) in [6.45, 7) is 0. The van der Waals surface area contributed by atoms with Gasteiger partial charge in [0.05, 0.1) is 12.4 Å². The Morgan fingerprint density at radius 2 is 1.23 bits per heavy atom. The molecule has 4 rings (SSSR count). The van der Waals surface area contributed by atoms with Gasteiger partial charge in [-0.2, -0.15) is 32.9 Å². The average Bonchev–Trinajstić information content (AvgIpc) is 3.37. The van der Waals surface area contributed by atoms with Gasteiger partial charge in [0.1, 0.15) is 0 Å². The molecule has 3 heterocycles. The average molecular weight is 378 g/mol. The molecule has 0 unspecified atom stereocenters. The molecule has 0 aliphatic carbocycles. The minimum absolute atomic E-state index is 0.597. The standard InChI is InChI=1S/C18H14N6S2/c1-2-4-16-15(3-1)17(21-19-9-13-5-7-25-11-13)23-24-18(16)22-20-10-14-6-8-26-12-14/h1-12H,(H,21,23)(H,22,24)/b19-9+,20-10+. The molecule has 0 fully saturated rings. The minimum atomic E-state index is 0.597. The summed E-state index contributed by atoms with van der Waals surface area (Å²) >= 11 is 3.26. The molecule has 0 saturated carbocycles. The van der Waals surface area contributed by atoms with Gasteiger partial charge in [-0.05, 0) is 33.7 Å². The second kappa shape index (κ2) is 7.85. The van der Waals surface area contributed by atoms with Crippen molar-refractivity contribution in [2.45, 2.75) is 0 Å². The van der Waals surface area contributed by atoms with Gasteiger partial charge in [0.2, 0.25) is 0 Å². The first kappa shape index (κ1) is 16.4. The Labute approximate surface area is 157 Å². The van der Waals surface area contributed by atoms with E-state index in [9.17, 15) is 0 Å². The molecule has 128 valence electrons. The minimum Gasteiger partial charge on any atom is -0.259 e. The summed E-state index contributed by atoms with van der Waals surface area (Å²) in [4.78, 5) is 0. The van der Waals surface area contributed by atoms with E-state index in [2.05, 4.69) is 31.3 Å². The van der Waals surface area contributed by atoms with E-state index in [4.69, 9.17) is 0 Å². The molecule has 0 spiro atoms. The molecule has 0 saturated heterocycles. The van der Waals surface area contributed by atoms with Crippen molar-refractivity contribution in [2.75, 3.05) is 10.9 Å². The summed E-state index contributed by atoms with van der Waals surface area (Å²) in [6.07, 6.45) is 3.51. The largest absolute Gasteiger partial charge is 0.259 e. The molecule has 0 aliphatic rings. The predicted octanol–water partition coefficient (Wildman–Crippen LogP) is 4.64. The lowest BCUT2D eigenvalue weighted by Gasteiger charge is -2.07. The van der Waals surface area contributed by atoms with Crippen molar-refractivity contribution in [2.24, 2.45) is 10.2 Å². The van der Waals surface area contributed by atoms with Crippen molar-refractivity contribution in [3.8, 4) is 0 Å². The Bertz CT molecular complexity index is 954. The lowest BCUT2D eigenvalue weighted by Crippen LogP contribution is -2.01. The smallest absolute Gasteiger partial charge is 0.176 e. The number of aromatic nitrogens is 2. The molecule has 0 radical (unpaired) electrons. The fourth-order valence-corrected chi connectivity index (χ4v) is 3.52. The zero-order valence-corrected chi connectivity index (χ0v) is 15.2. The highest BCUT2D eigenvalue weighted by Gasteiger charge is 2.07. The molecule has 3 aromatic heterocycles. The van der Waals surface area contributed by atoms with Crippen LogP contribution in [0.1, 0.15) is 11.1 Å². The van der Waals surface area contributed by atoms with Gasteiger partial charge in [-0.3, -0.25) is 10.9 Å². The third kappa shape index (κ3) is 3.76. The van der Waals surface area contributed by atoms with Crippen LogP contribution in [0, 0.1) is 0 Å². The molecule has 1 aromatic carbocycles. The SMILES string of the molecule is C(=N\Nc1nnc(N/N=C/c2ccsc2)c2ccccc12)/c1ccsc1. The highest BCUT2D eigenvalue weighted by atomic mass is 32.1. The molecule has 4 aromatic rings. The number of nitrogens with one attached hydrogen (secondary N) is 2. The molecule has 6 nitrogen and oxygen atoms in total. The van der Waals surface area contributed by atoms with Crippen molar-refractivity contribution in [3.63, 3.8) is 0 Å². The maximum atomic E-state index is 4.24. The summed E-state index contributed by atoms with van der Waals surface area (Å²) in [5, 5.41) is 26.8. The van der Waals surface area contributed by atoms with Gasteiger partial charge in [0.15, 0.2) is 11.6 Å². The van der Waals surface area contributed by atoms with Gasteiger partial charge in [-0.25, -0.2) is 0 Å². The normalized spacial score (nSPS) is 11.5. The van der Waals surface area contributed by atoms with Crippen LogP contribution in [0.15, 0.2) is 68.1 Å². The fourth-order valence-electron chi connectivity index (χ4n) is 2.30. The van der Waals surface area contributed by atoms with E-state index in [0.717, 1.165) is 21.9 Å². The number of rotatable bonds is 6. The van der Waals surface area contributed by atoms with E-state index in [1.54, 1.807) is 35.1 Å². The van der Waals surface area contributed by atoms with E-state index in [1.807, 2.05) is 57.9 Å². The predicted molar refractivity (Wildman–Crippen MR) is 111 cm³/mol. The Kier molecular flexibility index (Phi) is 4.95. The first-order valence-electron chi connectivity index (χ1n) is 7.78. The lowest BCUT2D eigenvalue weighted by atomic mass is 10.2. The third-order valence-corrected chi connectivity index (χ3v) is 4.94. The maximum Gasteiger partial charge on any atom is 0.176 e. The lowest BCUT2D eigenvalue weighted by molar-refractivity contribution is 1.03. The summed E-state index contributed by atoms with van der Waals surface area (Å²) < 4.78 is 0. The Morgan fingerprint density at radius 3 is 1.65 bits per heavy atom. The number of anilines is 2. The quantitative estimate of drug-likeness (QED) is 0.378. The molecule has 0 bridgehead atoms. The fraction of sp³-hybridized carbons (Fsp3) is 0. The van der Waals surface area contributed by atoms with Crippen LogP contribution in [-0.4, -0.2) is 22.6 Å². The number of benzene rings is 1. The Morgan fingerprint density at radius 1 is 0.731 bits per heavy atom. The van der Waals surface area contributed by atoms with Crippen molar-refractivity contribution in [1.82, 2.24) is 10.2 Å². The van der Waals surface area contributed by atoms with Crippen LogP contribution in [0.5, 0.6) is 0 Å². The summed E-state index contributed by atoms with van der Waals surface area (Å²) in [5.74, 6) is 1.19. The summed E-state index contributed by atoms with van der Waals surface area (Å²) in [6, 6.07) is 11.9. The van der Waals surface area contributed by atoms with E-state index in [0.29, 0.717) is 11.6 Å². The third-order valence-electron chi connectivity index (χ3n) is 3.54. The van der Waals surface area contributed by atoms with Crippen molar-refractivity contribution in [1.29, 1.82) is 0 Å². The van der Waals surface area contributed by atoms with E-state index in [1.165, 1.54) is 0 Å². The van der Waals surface area contributed by atoms with Crippen LogP contribution in [-0.2, 0) is 0 Å². The number of hydrogen-bond acceptors (Lipinski definition) is 8. The van der Waals surface area contributed by atoms with Crippen LogP contribution >= 0.6 is 22.7 Å². The first-order valence-corrected chi connectivity index (χ1v) is 9.67.